The van der Waals surface area contributed by atoms with E-state index in [2.05, 4.69) is 15.5 Å². The van der Waals surface area contributed by atoms with Gasteiger partial charge in [0.15, 0.2) is 11.5 Å². The number of benzene rings is 3. The monoisotopic (exact) mass is 491 g/mol. The number of carbonyl (C=O) groups is 1. The number of rotatable bonds is 8. The van der Waals surface area contributed by atoms with Crippen molar-refractivity contribution in [1.82, 2.24) is 34.5 Å². The number of nitrogens with zero attached hydrogens (tertiary/aromatic N) is 6. The summed E-state index contributed by atoms with van der Waals surface area (Å²) in [6, 6.07) is 25.6. The molecular weight excluding hydrogens is 466 g/mol. The van der Waals surface area contributed by atoms with E-state index in [4.69, 9.17) is 14.8 Å². The van der Waals surface area contributed by atoms with Crippen LogP contribution in [-0.4, -0.2) is 42.2 Å². The molecular formula is C28H25N7O2. The Hall–Kier alpha value is -4.79. The van der Waals surface area contributed by atoms with Crippen LogP contribution in [0.4, 0.5) is 0 Å². The highest BCUT2D eigenvalue weighted by Gasteiger charge is 2.18. The Morgan fingerprint density at radius 3 is 2.54 bits per heavy atom. The number of amides is 1. The summed E-state index contributed by atoms with van der Waals surface area (Å²) in [6.07, 6.45) is 1.65. The molecule has 0 saturated heterocycles. The van der Waals surface area contributed by atoms with E-state index in [0.29, 0.717) is 37.4 Å². The van der Waals surface area contributed by atoms with Crippen LogP contribution in [0.1, 0.15) is 24.2 Å². The maximum Gasteiger partial charge on any atom is 0.258 e. The molecule has 0 aliphatic rings. The van der Waals surface area contributed by atoms with Gasteiger partial charge in [0.05, 0.1) is 12.6 Å². The summed E-state index contributed by atoms with van der Waals surface area (Å²) in [5.74, 6) is 2.82. The van der Waals surface area contributed by atoms with E-state index in [0.717, 1.165) is 39.3 Å². The normalized spacial score (nSPS) is 11.4. The van der Waals surface area contributed by atoms with Crippen LogP contribution in [-0.2, 0) is 17.8 Å². The molecule has 0 atom stereocenters. The summed E-state index contributed by atoms with van der Waals surface area (Å²) in [6.45, 7) is 0.482. The van der Waals surface area contributed by atoms with Crippen molar-refractivity contribution in [3.8, 4) is 17.1 Å². The molecule has 1 amide bonds. The first kappa shape index (κ1) is 22.7. The maximum absolute atomic E-state index is 12.5. The van der Waals surface area contributed by atoms with Crippen LogP contribution < -0.4 is 10.1 Å². The van der Waals surface area contributed by atoms with Crippen molar-refractivity contribution >= 4 is 28.2 Å². The smallest absolute Gasteiger partial charge is 0.258 e. The highest BCUT2D eigenvalue weighted by Crippen LogP contribution is 2.25. The predicted octanol–water partition coefficient (Wildman–Crippen LogP) is 4.24. The molecule has 0 aliphatic heterocycles. The number of hydrogen-bond donors (Lipinski definition) is 1. The lowest BCUT2D eigenvalue weighted by molar-refractivity contribution is -0.121. The Morgan fingerprint density at radius 1 is 0.946 bits per heavy atom. The van der Waals surface area contributed by atoms with Gasteiger partial charge in [0.2, 0.25) is 5.91 Å². The van der Waals surface area contributed by atoms with Crippen molar-refractivity contribution in [1.29, 1.82) is 0 Å². The Morgan fingerprint density at radius 2 is 1.73 bits per heavy atom. The van der Waals surface area contributed by atoms with Gasteiger partial charge in [0, 0.05) is 30.3 Å². The van der Waals surface area contributed by atoms with Crippen LogP contribution in [0.2, 0.25) is 0 Å². The topological polar surface area (TPSA) is 98.7 Å². The van der Waals surface area contributed by atoms with Crippen LogP contribution in [0.5, 0.6) is 5.75 Å². The number of aromatic nitrogens is 6. The maximum atomic E-state index is 12.5. The molecule has 3 heterocycles. The van der Waals surface area contributed by atoms with Gasteiger partial charge in [0.1, 0.15) is 11.6 Å². The van der Waals surface area contributed by atoms with Gasteiger partial charge in [0.25, 0.3) is 5.78 Å². The molecule has 184 valence electrons. The minimum absolute atomic E-state index is 0.000617. The van der Waals surface area contributed by atoms with E-state index >= 15 is 0 Å². The van der Waals surface area contributed by atoms with Gasteiger partial charge in [-0.05, 0) is 36.2 Å². The van der Waals surface area contributed by atoms with E-state index in [1.807, 2.05) is 83.3 Å². The predicted molar refractivity (Wildman–Crippen MR) is 140 cm³/mol. The highest BCUT2D eigenvalue weighted by atomic mass is 16.5. The van der Waals surface area contributed by atoms with Gasteiger partial charge in [-0.25, -0.2) is 4.98 Å². The van der Waals surface area contributed by atoms with Gasteiger partial charge < -0.3 is 10.1 Å². The number of methoxy groups -OCH3 is 1. The first-order chi connectivity index (χ1) is 18.2. The lowest BCUT2D eigenvalue weighted by atomic mass is 10.2. The van der Waals surface area contributed by atoms with Crippen molar-refractivity contribution in [3.63, 3.8) is 0 Å². The van der Waals surface area contributed by atoms with E-state index in [1.165, 1.54) is 0 Å². The summed E-state index contributed by atoms with van der Waals surface area (Å²) in [7, 11) is 1.63. The number of nitrogens with one attached hydrogen (secondary N) is 1. The largest absolute Gasteiger partial charge is 0.497 e. The minimum atomic E-state index is 0.000617. The zero-order valence-electron chi connectivity index (χ0n) is 20.3. The quantitative estimate of drug-likeness (QED) is 0.342. The van der Waals surface area contributed by atoms with Crippen molar-refractivity contribution < 1.29 is 9.53 Å². The molecule has 3 aromatic heterocycles. The third kappa shape index (κ3) is 4.35. The van der Waals surface area contributed by atoms with Crippen LogP contribution in [0.15, 0.2) is 78.9 Å². The second kappa shape index (κ2) is 9.69. The van der Waals surface area contributed by atoms with E-state index in [9.17, 15) is 4.79 Å². The summed E-state index contributed by atoms with van der Waals surface area (Å²) in [5.41, 5.74) is 3.66. The van der Waals surface area contributed by atoms with Gasteiger partial charge in [-0.1, -0.05) is 54.6 Å². The molecule has 0 spiro atoms. The number of para-hydroxylation sites is 1. The molecule has 6 rings (SSSR count). The summed E-state index contributed by atoms with van der Waals surface area (Å²) >= 11 is 0. The highest BCUT2D eigenvalue weighted by molar-refractivity contribution is 5.94. The number of aryl methyl sites for hydroxylation is 1. The fraction of sp³-hybridized carbons (Fsp3) is 0.179. The van der Waals surface area contributed by atoms with Gasteiger partial charge in [-0.3, -0.25) is 9.20 Å². The molecule has 0 radical (unpaired) electrons. The average Bonchev–Trinajstić information content (AvgIpc) is 3.58. The third-order valence-corrected chi connectivity index (χ3v) is 6.38. The molecule has 37 heavy (non-hydrogen) atoms. The number of carbonyl (C=O) groups excluding carboxylic acids is 1. The third-order valence-electron chi connectivity index (χ3n) is 6.38. The molecule has 0 unspecified atom stereocenters. The summed E-state index contributed by atoms with van der Waals surface area (Å²) < 4.78 is 8.94. The molecule has 6 aromatic rings. The minimum Gasteiger partial charge on any atom is -0.497 e. The Labute approximate surface area is 212 Å². The van der Waals surface area contributed by atoms with E-state index in [1.54, 1.807) is 11.6 Å². The van der Waals surface area contributed by atoms with E-state index < -0.39 is 0 Å². The fourth-order valence-corrected chi connectivity index (χ4v) is 4.49. The van der Waals surface area contributed by atoms with Gasteiger partial charge in [-0.2, -0.15) is 4.52 Å². The molecule has 9 nitrogen and oxygen atoms in total. The SMILES string of the molecule is COc1ccc(CNC(=O)CCCc2nnc3n4nc(-c5ccccc5)nc4c4ccccc4n23)cc1. The molecule has 0 fully saturated rings. The van der Waals surface area contributed by atoms with Crippen molar-refractivity contribution in [2.75, 3.05) is 7.11 Å². The standard InChI is InChI=1S/C28H25N7O2/c1-37-21-16-14-19(15-17-21)18-29-25(36)13-7-12-24-31-32-28-34(24)23-11-6-5-10-22(23)27-30-26(33-35(27)28)20-8-3-2-4-9-20/h2-6,8-11,14-17H,7,12-13,18H2,1H3,(H,29,36). The Bertz CT molecular complexity index is 1710. The summed E-state index contributed by atoms with van der Waals surface area (Å²) in [5, 5.41) is 17.6. The average molecular weight is 492 g/mol. The molecule has 3 aromatic carbocycles. The van der Waals surface area contributed by atoms with Gasteiger partial charge in [-0.15, -0.1) is 15.3 Å². The van der Waals surface area contributed by atoms with Crippen LogP contribution in [0.25, 0.3) is 33.7 Å². The first-order valence-electron chi connectivity index (χ1n) is 12.2. The molecule has 0 bridgehead atoms. The molecule has 0 saturated carbocycles. The number of hydrogen-bond acceptors (Lipinski definition) is 6. The fourth-order valence-electron chi connectivity index (χ4n) is 4.49. The molecule has 1 N–H and O–H groups in total. The molecule has 9 heteroatoms. The molecule has 0 aliphatic carbocycles. The summed E-state index contributed by atoms with van der Waals surface area (Å²) in [4.78, 5) is 17.3. The van der Waals surface area contributed by atoms with Gasteiger partial charge >= 0.3 is 0 Å². The second-order valence-electron chi connectivity index (χ2n) is 8.78. The lowest BCUT2D eigenvalue weighted by Crippen LogP contribution is -2.22. The van der Waals surface area contributed by atoms with E-state index in [-0.39, 0.29) is 5.91 Å². The van der Waals surface area contributed by atoms with Crippen molar-refractivity contribution in [3.05, 3.63) is 90.3 Å². The van der Waals surface area contributed by atoms with Crippen molar-refractivity contribution in [2.24, 2.45) is 0 Å². The zero-order valence-corrected chi connectivity index (χ0v) is 20.3. The van der Waals surface area contributed by atoms with Crippen LogP contribution in [0.3, 0.4) is 0 Å². The van der Waals surface area contributed by atoms with Crippen molar-refractivity contribution in [2.45, 2.75) is 25.8 Å². The van der Waals surface area contributed by atoms with Crippen LogP contribution >= 0.6 is 0 Å². The van der Waals surface area contributed by atoms with Crippen LogP contribution in [0, 0.1) is 0 Å². The first-order valence-corrected chi connectivity index (χ1v) is 12.2. The Balaban J connectivity index is 1.23. The second-order valence-corrected chi connectivity index (χ2v) is 8.78. The number of ether oxygens (including phenoxy) is 1. The number of fused-ring (bicyclic) bond motifs is 6. The lowest BCUT2D eigenvalue weighted by Gasteiger charge is -2.07. The Kier molecular flexibility index (Phi) is 5.94. The zero-order chi connectivity index (χ0) is 25.2.